The van der Waals surface area contributed by atoms with E-state index in [4.69, 9.17) is 18.9 Å². The van der Waals surface area contributed by atoms with Gasteiger partial charge in [0.15, 0.2) is 6.29 Å². The highest BCUT2D eigenvalue weighted by atomic mass is 16.7. The van der Waals surface area contributed by atoms with Gasteiger partial charge < -0.3 is 50.0 Å². The predicted octanol–water partition coefficient (Wildman–Crippen LogP) is 3.19. The molecule has 49 heavy (non-hydrogen) atoms. The summed E-state index contributed by atoms with van der Waals surface area (Å²) >= 11 is 0. The molecule has 0 spiro atoms. The first-order valence-corrected chi connectivity index (χ1v) is 16.5. The van der Waals surface area contributed by atoms with Crippen LogP contribution in [0.4, 0.5) is 14.4 Å². The van der Waals surface area contributed by atoms with Gasteiger partial charge in [-0.1, -0.05) is 91.0 Å². The van der Waals surface area contributed by atoms with Crippen LogP contribution in [0.25, 0.3) is 0 Å². The van der Waals surface area contributed by atoms with Crippen LogP contribution in [-0.2, 0) is 38.7 Å². The molecule has 3 fully saturated rings. The fourth-order valence-corrected chi connectivity index (χ4v) is 6.45. The Morgan fingerprint density at radius 2 is 1.39 bits per heavy atom. The van der Waals surface area contributed by atoms with Crippen molar-refractivity contribution in [2.45, 2.75) is 87.9 Å². The molecule has 4 amide bonds. The van der Waals surface area contributed by atoms with Crippen LogP contribution in [0.2, 0.25) is 0 Å². The van der Waals surface area contributed by atoms with E-state index >= 15 is 0 Å². The number of amides is 4. The molecule has 6 rings (SSSR count). The molecule has 13 heteroatoms. The van der Waals surface area contributed by atoms with Crippen LogP contribution in [0.15, 0.2) is 91.0 Å². The monoisotopic (exact) mass is 674 g/mol. The molecule has 1 saturated carbocycles. The van der Waals surface area contributed by atoms with E-state index in [1.54, 1.807) is 4.90 Å². The lowest BCUT2D eigenvalue weighted by Crippen LogP contribution is -2.71. The quantitative estimate of drug-likeness (QED) is 0.205. The number of carbonyl (C=O) groups excluding carboxylic acids is 3. The normalized spacial score (nSPS) is 27.6. The molecule has 3 aromatic rings. The topological polar surface area (TPSA) is 168 Å². The number of nitrogens with zero attached hydrogens (tertiary/aromatic N) is 1. The molecule has 0 aromatic heterocycles. The summed E-state index contributed by atoms with van der Waals surface area (Å²) in [5.41, 5.74) is 2.57. The van der Waals surface area contributed by atoms with Crippen LogP contribution in [0.1, 0.15) is 36.0 Å². The average Bonchev–Trinajstić information content (AvgIpc) is 3.12. The fourth-order valence-electron chi connectivity index (χ4n) is 6.45. The number of alkyl carbamates (subject to hydrolysis) is 1. The van der Waals surface area contributed by atoms with E-state index in [9.17, 15) is 24.6 Å². The van der Waals surface area contributed by atoms with E-state index < -0.39 is 67.0 Å². The Morgan fingerprint density at radius 3 is 2.04 bits per heavy atom. The number of nitrogens with one attached hydrogen (secondary N) is 3. The van der Waals surface area contributed by atoms with Crippen molar-refractivity contribution >= 4 is 18.2 Å². The van der Waals surface area contributed by atoms with Gasteiger partial charge in [-0.05, 0) is 36.0 Å². The van der Waals surface area contributed by atoms with Crippen LogP contribution < -0.4 is 16.0 Å². The summed E-state index contributed by atoms with van der Waals surface area (Å²) in [4.78, 5) is 40.2. The van der Waals surface area contributed by atoms with E-state index in [2.05, 4.69) is 16.0 Å². The van der Waals surface area contributed by atoms with Crippen LogP contribution >= 0.6 is 0 Å². The smallest absolute Gasteiger partial charge is 0.410 e. The summed E-state index contributed by atoms with van der Waals surface area (Å²) in [7, 11) is 0. The number of ether oxygens (including phenoxy) is 4. The Balaban J connectivity index is 1.17. The van der Waals surface area contributed by atoms with E-state index in [1.165, 1.54) is 0 Å². The zero-order valence-electron chi connectivity index (χ0n) is 26.9. The lowest BCUT2D eigenvalue weighted by atomic mass is 9.82. The second kappa shape index (κ2) is 16.1. The number of aliphatic hydroxyl groups is 2. The first-order valence-electron chi connectivity index (χ1n) is 16.5. The second-order valence-corrected chi connectivity index (χ2v) is 12.6. The van der Waals surface area contributed by atoms with Crippen LogP contribution in [-0.4, -0.2) is 88.7 Å². The Labute approximate surface area is 284 Å². The minimum absolute atomic E-state index is 0.0595. The van der Waals surface area contributed by atoms with Crippen molar-refractivity contribution < 1.29 is 43.5 Å². The third-order valence-electron chi connectivity index (χ3n) is 9.00. The maximum atomic E-state index is 13.5. The van der Waals surface area contributed by atoms with Crippen LogP contribution in [0, 0.1) is 0 Å². The van der Waals surface area contributed by atoms with Gasteiger partial charge in [0.05, 0.1) is 30.8 Å². The van der Waals surface area contributed by atoms with Gasteiger partial charge in [0.25, 0.3) is 0 Å². The number of urea groups is 1. The van der Waals surface area contributed by atoms with Crippen molar-refractivity contribution in [2.24, 2.45) is 0 Å². The Kier molecular flexibility index (Phi) is 11.3. The molecule has 5 N–H and O–H groups in total. The van der Waals surface area contributed by atoms with Crippen LogP contribution in [0.3, 0.4) is 0 Å². The van der Waals surface area contributed by atoms with Crippen molar-refractivity contribution in [1.29, 1.82) is 0 Å². The molecule has 3 aromatic carbocycles. The van der Waals surface area contributed by atoms with Crippen LogP contribution in [0.5, 0.6) is 0 Å². The molecule has 8 atom stereocenters. The Hall–Kier alpha value is -4.69. The summed E-state index contributed by atoms with van der Waals surface area (Å²) in [6.45, 7) is 0.576. The number of fused-ring (bicyclic) bond motifs is 2. The van der Waals surface area contributed by atoms with Gasteiger partial charge in [-0.25, -0.2) is 14.4 Å². The van der Waals surface area contributed by atoms with E-state index in [1.807, 2.05) is 91.0 Å². The number of rotatable bonds is 11. The maximum absolute atomic E-state index is 13.5. The van der Waals surface area contributed by atoms with Gasteiger partial charge in [0.2, 0.25) is 0 Å². The zero-order valence-corrected chi connectivity index (χ0v) is 26.9. The molecule has 2 heterocycles. The largest absolute Gasteiger partial charge is 0.445 e. The third-order valence-corrected chi connectivity index (χ3v) is 9.00. The highest BCUT2D eigenvalue weighted by molar-refractivity contribution is 5.76. The maximum Gasteiger partial charge on any atom is 0.410 e. The van der Waals surface area contributed by atoms with E-state index in [0.29, 0.717) is 19.3 Å². The summed E-state index contributed by atoms with van der Waals surface area (Å²) < 4.78 is 23.9. The average molecular weight is 675 g/mol. The fraction of sp³-hybridized carbons (Fsp3) is 0.417. The third kappa shape index (κ3) is 9.06. The minimum Gasteiger partial charge on any atom is -0.445 e. The molecular formula is C36H42N4O9. The summed E-state index contributed by atoms with van der Waals surface area (Å²) in [6, 6.07) is 25.7. The molecule has 0 radical (unpaired) electrons. The summed E-state index contributed by atoms with van der Waals surface area (Å²) in [5.74, 6) is 0. The standard InChI is InChI=1S/C36H42N4O9/c41-30-28-18-29(38-34(43)37-28)32(31(30)42)49-33-27(39-35(44)46-21-24-12-6-2-7-13-24)17-16-26(48-33)20-40(19-23-10-4-1-5-11-23)36(45)47-22-25-14-8-3-9-15-25/h1-15,26-33,41-42H,16-22H2,(H,39,44)(H2,37,38,43). The molecule has 8 unspecified atom stereocenters. The number of benzene rings is 3. The van der Waals surface area contributed by atoms with Crippen molar-refractivity contribution in [3.05, 3.63) is 108 Å². The van der Waals surface area contributed by atoms with Crippen molar-refractivity contribution in [3.8, 4) is 0 Å². The lowest BCUT2D eigenvalue weighted by molar-refractivity contribution is -0.260. The van der Waals surface area contributed by atoms with Gasteiger partial charge in [0.1, 0.15) is 31.5 Å². The number of carbonyl (C=O) groups is 3. The molecule has 13 nitrogen and oxygen atoms in total. The second-order valence-electron chi connectivity index (χ2n) is 12.6. The first kappa shape index (κ1) is 34.2. The van der Waals surface area contributed by atoms with Gasteiger partial charge in [-0.3, -0.25) is 0 Å². The zero-order chi connectivity index (χ0) is 34.2. The number of aliphatic hydroxyl groups excluding tert-OH is 2. The molecular weight excluding hydrogens is 632 g/mol. The highest BCUT2D eigenvalue weighted by Gasteiger charge is 2.50. The number of hydrogen-bond donors (Lipinski definition) is 5. The SMILES string of the molecule is O=C1NC2CC(N1)C(OC1OC(CN(Cc3ccccc3)C(=O)OCc3ccccc3)CCC1NC(=O)OCc1ccccc1)C(O)C2O. The molecule has 260 valence electrons. The first-order chi connectivity index (χ1) is 23.8. The Bertz CT molecular complexity index is 1530. The minimum atomic E-state index is -1.35. The van der Waals surface area contributed by atoms with E-state index in [0.717, 1.165) is 16.7 Å². The van der Waals surface area contributed by atoms with Gasteiger partial charge in [-0.15, -0.1) is 0 Å². The summed E-state index contributed by atoms with van der Waals surface area (Å²) in [5, 5.41) is 30.0. The van der Waals surface area contributed by atoms with Gasteiger partial charge in [-0.2, -0.15) is 0 Å². The van der Waals surface area contributed by atoms with E-state index in [-0.39, 0.29) is 26.3 Å². The van der Waals surface area contributed by atoms with Gasteiger partial charge >= 0.3 is 18.2 Å². The van der Waals surface area contributed by atoms with Gasteiger partial charge in [0, 0.05) is 6.54 Å². The lowest BCUT2D eigenvalue weighted by Gasteiger charge is -2.48. The molecule has 2 bridgehead atoms. The van der Waals surface area contributed by atoms with Crippen molar-refractivity contribution in [2.75, 3.05) is 6.54 Å². The molecule has 2 saturated heterocycles. The highest BCUT2D eigenvalue weighted by Crippen LogP contribution is 2.30. The molecule has 3 aliphatic rings. The Morgan fingerprint density at radius 1 is 0.796 bits per heavy atom. The predicted molar refractivity (Wildman–Crippen MR) is 176 cm³/mol. The molecule has 2 aliphatic heterocycles. The van der Waals surface area contributed by atoms with Crippen molar-refractivity contribution in [1.82, 2.24) is 20.9 Å². The molecule has 1 aliphatic carbocycles. The van der Waals surface area contributed by atoms with Crippen molar-refractivity contribution in [3.63, 3.8) is 0 Å². The summed E-state index contributed by atoms with van der Waals surface area (Å²) in [6.07, 6.45) is -5.36. The number of hydrogen-bond acceptors (Lipinski definition) is 9.